The fourth-order valence-electron chi connectivity index (χ4n) is 2.21. The quantitative estimate of drug-likeness (QED) is 0.256. The summed E-state index contributed by atoms with van der Waals surface area (Å²) in [7, 11) is 1.62. The molecular formula is C19H24F2IN3O2. The van der Waals surface area contributed by atoms with E-state index < -0.39 is 11.6 Å². The smallest absolute Gasteiger partial charge is 0.191 e. The average Bonchev–Trinajstić information content (AvgIpc) is 2.64. The van der Waals surface area contributed by atoms with E-state index >= 15 is 0 Å². The summed E-state index contributed by atoms with van der Waals surface area (Å²) in [4.78, 5) is 4.49. The van der Waals surface area contributed by atoms with Crippen LogP contribution in [-0.2, 0) is 6.54 Å². The Bertz CT molecular complexity index is 745. The van der Waals surface area contributed by atoms with Gasteiger partial charge in [-0.1, -0.05) is 12.1 Å². The molecule has 0 aromatic heterocycles. The molecule has 2 aromatic rings. The Hall–Kier alpha value is -2.10. The molecule has 2 rings (SSSR count). The fourth-order valence-corrected chi connectivity index (χ4v) is 2.21. The minimum absolute atomic E-state index is 0. The second-order valence-corrected chi connectivity index (χ2v) is 5.40. The normalized spacial score (nSPS) is 10.7. The molecule has 8 heteroatoms. The van der Waals surface area contributed by atoms with Crippen LogP contribution in [-0.4, -0.2) is 32.8 Å². The van der Waals surface area contributed by atoms with E-state index in [9.17, 15) is 8.78 Å². The summed E-state index contributed by atoms with van der Waals surface area (Å²) in [6.45, 7) is 3.79. The number of hydrogen-bond donors (Lipinski definition) is 2. The Morgan fingerprint density at radius 1 is 1.11 bits per heavy atom. The zero-order valence-corrected chi connectivity index (χ0v) is 17.6. The minimum atomic E-state index is -0.719. The highest BCUT2D eigenvalue weighted by Crippen LogP contribution is 2.17. The maximum atomic E-state index is 13.5. The average molecular weight is 491 g/mol. The van der Waals surface area contributed by atoms with Crippen molar-refractivity contribution in [3.63, 3.8) is 0 Å². The van der Waals surface area contributed by atoms with Gasteiger partial charge in [-0.05, 0) is 36.8 Å². The monoisotopic (exact) mass is 491 g/mol. The van der Waals surface area contributed by atoms with Crippen LogP contribution in [0.15, 0.2) is 47.5 Å². The summed E-state index contributed by atoms with van der Waals surface area (Å²) in [5, 5.41) is 6.23. The Labute approximate surface area is 175 Å². The summed E-state index contributed by atoms with van der Waals surface area (Å²) in [5.41, 5.74) is 1.02. The van der Waals surface area contributed by atoms with E-state index in [1.54, 1.807) is 7.11 Å². The van der Waals surface area contributed by atoms with Crippen molar-refractivity contribution in [2.45, 2.75) is 13.5 Å². The molecule has 148 valence electrons. The van der Waals surface area contributed by atoms with Gasteiger partial charge in [0.05, 0.1) is 20.2 Å². The lowest BCUT2D eigenvalue weighted by Gasteiger charge is -2.12. The molecule has 0 saturated heterocycles. The highest BCUT2D eigenvalue weighted by Gasteiger charge is 2.05. The first-order valence-corrected chi connectivity index (χ1v) is 8.35. The summed E-state index contributed by atoms with van der Waals surface area (Å²) in [5.74, 6) is 0.0751. The number of aliphatic imine (C=N–C) groups is 1. The number of guanidine groups is 1. The molecule has 0 fully saturated rings. The Morgan fingerprint density at radius 3 is 2.63 bits per heavy atom. The molecule has 0 aliphatic carbocycles. The van der Waals surface area contributed by atoms with Crippen LogP contribution < -0.4 is 20.1 Å². The molecule has 0 saturated carbocycles. The lowest BCUT2D eigenvalue weighted by molar-refractivity contribution is 0.304. The van der Waals surface area contributed by atoms with Gasteiger partial charge >= 0.3 is 0 Å². The van der Waals surface area contributed by atoms with Gasteiger partial charge in [0.1, 0.15) is 18.2 Å². The predicted octanol–water partition coefficient (Wildman–Crippen LogP) is 3.73. The molecule has 27 heavy (non-hydrogen) atoms. The van der Waals surface area contributed by atoms with E-state index in [1.807, 2.05) is 31.2 Å². The number of nitrogens with zero attached hydrogens (tertiary/aromatic N) is 1. The van der Waals surface area contributed by atoms with E-state index in [2.05, 4.69) is 15.6 Å². The molecule has 0 unspecified atom stereocenters. The minimum Gasteiger partial charge on any atom is -0.497 e. The third-order valence-corrected chi connectivity index (χ3v) is 3.44. The van der Waals surface area contributed by atoms with Gasteiger partial charge < -0.3 is 20.1 Å². The van der Waals surface area contributed by atoms with Crippen molar-refractivity contribution in [1.82, 2.24) is 10.6 Å². The van der Waals surface area contributed by atoms with E-state index in [4.69, 9.17) is 9.47 Å². The van der Waals surface area contributed by atoms with E-state index in [0.717, 1.165) is 23.4 Å². The largest absolute Gasteiger partial charge is 0.497 e. The molecule has 0 atom stereocenters. The van der Waals surface area contributed by atoms with Crippen LogP contribution in [0.5, 0.6) is 11.5 Å². The van der Waals surface area contributed by atoms with E-state index in [1.165, 1.54) is 6.07 Å². The molecule has 0 aliphatic heterocycles. The number of hydrogen-bond acceptors (Lipinski definition) is 3. The first-order chi connectivity index (χ1) is 12.6. The van der Waals surface area contributed by atoms with Crippen LogP contribution in [0.4, 0.5) is 8.78 Å². The van der Waals surface area contributed by atoms with Crippen molar-refractivity contribution in [2.24, 2.45) is 4.99 Å². The molecule has 5 nitrogen and oxygen atoms in total. The number of rotatable bonds is 8. The van der Waals surface area contributed by atoms with Crippen molar-refractivity contribution in [3.05, 3.63) is 59.7 Å². The third-order valence-electron chi connectivity index (χ3n) is 3.44. The number of ether oxygens (including phenoxy) is 2. The second kappa shape index (κ2) is 12.3. The summed E-state index contributed by atoms with van der Waals surface area (Å²) >= 11 is 0. The van der Waals surface area contributed by atoms with Gasteiger partial charge in [-0.15, -0.1) is 24.0 Å². The second-order valence-electron chi connectivity index (χ2n) is 5.40. The van der Waals surface area contributed by atoms with Crippen molar-refractivity contribution in [3.8, 4) is 11.5 Å². The fraction of sp³-hybridized carbons (Fsp3) is 0.316. The Morgan fingerprint density at radius 2 is 1.93 bits per heavy atom. The summed E-state index contributed by atoms with van der Waals surface area (Å²) in [6, 6.07) is 10.9. The lowest BCUT2D eigenvalue weighted by Crippen LogP contribution is -2.39. The maximum Gasteiger partial charge on any atom is 0.191 e. The van der Waals surface area contributed by atoms with Gasteiger partial charge in [-0.2, -0.15) is 0 Å². The predicted molar refractivity (Wildman–Crippen MR) is 113 cm³/mol. The zero-order chi connectivity index (χ0) is 18.8. The van der Waals surface area contributed by atoms with Crippen LogP contribution in [0.2, 0.25) is 0 Å². The third kappa shape index (κ3) is 7.98. The van der Waals surface area contributed by atoms with Gasteiger partial charge in [0, 0.05) is 12.6 Å². The summed E-state index contributed by atoms with van der Waals surface area (Å²) < 4.78 is 36.9. The molecule has 0 radical (unpaired) electrons. The van der Waals surface area contributed by atoms with Gasteiger partial charge in [0.25, 0.3) is 0 Å². The van der Waals surface area contributed by atoms with Gasteiger partial charge in [0.15, 0.2) is 17.5 Å². The molecule has 0 amide bonds. The van der Waals surface area contributed by atoms with Crippen LogP contribution in [0, 0.1) is 11.6 Å². The van der Waals surface area contributed by atoms with Crippen LogP contribution in [0.25, 0.3) is 0 Å². The highest BCUT2D eigenvalue weighted by atomic mass is 127. The molecule has 2 N–H and O–H groups in total. The topological polar surface area (TPSA) is 54.9 Å². The highest BCUT2D eigenvalue weighted by molar-refractivity contribution is 14.0. The van der Waals surface area contributed by atoms with Crippen LogP contribution in [0.3, 0.4) is 0 Å². The Kier molecular flexibility index (Phi) is 10.5. The van der Waals surface area contributed by atoms with E-state index in [0.29, 0.717) is 25.6 Å². The number of methoxy groups -OCH3 is 1. The van der Waals surface area contributed by atoms with Crippen LogP contribution in [0.1, 0.15) is 12.5 Å². The first-order valence-electron chi connectivity index (χ1n) is 8.35. The van der Waals surface area contributed by atoms with Crippen molar-refractivity contribution in [1.29, 1.82) is 0 Å². The van der Waals surface area contributed by atoms with E-state index in [-0.39, 0.29) is 36.3 Å². The first kappa shape index (κ1) is 22.9. The molecular weight excluding hydrogens is 467 g/mol. The standard InChI is InChI=1S/C19H23F2N3O2.HI/c1-3-22-19(24-13-14-5-4-6-16(11-14)25-2)23-9-10-26-18-8-7-15(20)12-17(18)21;/h4-8,11-12H,3,9-10,13H2,1-2H3,(H2,22,23,24);1H. The molecule has 0 spiro atoms. The number of halogens is 3. The van der Waals surface area contributed by atoms with Gasteiger partial charge in [-0.25, -0.2) is 13.8 Å². The van der Waals surface area contributed by atoms with Crippen molar-refractivity contribution < 1.29 is 18.3 Å². The SMILES string of the molecule is CCNC(=NCc1cccc(OC)c1)NCCOc1ccc(F)cc1F.I. The molecule has 0 aliphatic rings. The lowest BCUT2D eigenvalue weighted by atomic mass is 10.2. The number of benzene rings is 2. The van der Waals surface area contributed by atoms with Crippen LogP contribution >= 0.6 is 24.0 Å². The molecule has 2 aromatic carbocycles. The zero-order valence-electron chi connectivity index (χ0n) is 15.3. The number of nitrogens with one attached hydrogen (secondary N) is 2. The van der Waals surface area contributed by atoms with Crippen molar-refractivity contribution in [2.75, 3.05) is 26.8 Å². The Balaban J connectivity index is 0.00000364. The maximum absolute atomic E-state index is 13.5. The van der Waals surface area contributed by atoms with Gasteiger partial charge in [0.2, 0.25) is 0 Å². The molecule has 0 heterocycles. The van der Waals surface area contributed by atoms with Gasteiger partial charge in [-0.3, -0.25) is 0 Å². The molecule has 0 bridgehead atoms. The summed E-state index contributed by atoms with van der Waals surface area (Å²) in [6.07, 6.45) is 0. The van der Waals surface area contributed by atoms with Crippen molar-refractivity contribution >= 4 is 29.9 Å².